The molecule has 3 aromatic rings. The fraction of sp³-hybridized carbons (Fsp3) is 0.200. The predicted molar refractivity (Wildman–Crippen MR) is 93.1 cm³/mol. The molecule has 12 heteroatoms. The number of carbonyl (C=O) groups excluding carboxylic acids is 1. The highest BCUT2D eigenvalue weighted by Gasteiger charge is 2.40. The van der Waals surface area contributed by atoms with Gasteiger partial charge in [-0.25, -0.2) is 4.68 Å². The van der Waals surface area contributed by atoms with E-state index in [0.717, 1.165) is 6.20 Å². The Balaban J connectivity index is 1.94. The Morgan fingerprint density at radius 3 is 2.74 bits per heavy atom. The molecule has 0 saturated heterocycles. The van der Waals surface area contributed by atoms with E-state index in [-0.39, 0.29) is 17.3 Å². The zero-order valence-electron chi connectivity index (χ0n) is 13.7. The van der Waals surface area contributed by atoms with E-state index in [1.54, 1.807) is 7.05 Å². The van der Waals surface area contributed by atoms with Crippen molar-refractivity contribution in [3.05, 3.63) is 57.3 Å². The number of rotatable bonds is 4. The second kappa shape index (κ2) is 7.16. The highest BCUT2D eigenvalue weighted by atomic mass is 35.5. The minimum absolute atomic E-state index is 0.0864. The van der Waals surface area contributed by atoms with Gasteiger partial charge >= 0.3 is 6.18 Å². The van der Waals surface area contributed by atoms with Crippen LogP contribution >= 0.6 is 23.8 Å². The minimum atomic E-state index is -4.81. The average Bonchev–Trinajstić information content (AvgIpc) is 3.18. The van der Waals surface area contributed by atoms with E-state index in [1.165, 1.54) is 28.8 Å². The Morgan fingerprint density at radius 2 is 2.15 bits per heavy atom. The summed E-state index contributed by atoms with van der Waals surface area (Å²) < 4.78 is 43.3. The van der Waals surface area contributed by atoms with Crippen LogP contribution in [0.2, 0.25) is 5.02 Å². The fourth-order valence-corrected chi connectivity index (χ4v) is 2.72. The average molecular weight is 417 g/mol. The van der Waals surface area contributed by atoms with E-state index in [1.807, 2.05) is 0 Å². The van der Waals surface area contributed by atoms with Gasteiger partial charge in [-0.05, 0) is 30.4 Å². The van der Waals surface area contributed by atoms with Crippen LogP contribution in [0.4, 0.5) is 13.2 Å². The van der Waals surface area contributed by atoms with E-state index >= 15 is 0 Å². The molecule has 0 saturated carbocycles. The molecule has 142 valence electrons. The van der Waals surface area contributed by atoms with Crippen molar-refractivity contribution < 1.29 is 18.0 Å². The quantitative estimate of drug-likeness (QED) is 0.640. The molecule has 0 radical (unpaired) electrons. The van der Waals surface area contributed by atoms with Crippen molar-refractivity contribution >= 4 is 29.7 Å². The van der Waals surface area contributed by atoms with Crippen molar-refractivity contribution in [2.24, 2.45) is 7.05 Å². The van der Waals surface area contributed by atoms with Crippen molar-refractivity contribution in [1.29, 1.82) is 0 Å². The lowest BCUT2D eigenvalue weighted by Crippen LogP contribution is -2.27. The van der Waals surface area contributed by atoms with Crippen LogP contribution in [0.15, 0.2) is 30.5 Å². The number of carbonyl (C=O) groups is 1. The van der Waals surface area contributed by atoms with Crippen molar-refractivity contribution in [1.82, 2.24) is 29.9 Å². The molecule has 2 aromatic heterocycles. The van der Waals surface area contributed by atoms with Crippen LogP contribution < -0.4 is 5.32 Å². The van der Waals surface area contributed by atoms with Gasteiger partial charge in [0.05, 0.1) is 24.0 Å². The first-order valence-electron chi connectivity index (χ1n) is 7.48. The number of nitrogens with one attached hydrogen (secondary N) is 2. The van der Waals surface area contributed by atoms with Crippen LogP contribution in [0.25, 0.3) is 5.69 Å². The molecule has 1 aromatic carbocycles. The van der Waals surface area contributed by atoms with Crippen molar-refractivity contribution in [3.8, 4) is 5.69 Å². The molecule has 0 aliphatic heterocycles. The third-order valence-electron chi connectivity index (χ3n) is 3.71. The van der Waals surface area contributed by atoms with Gasteiger partial charge in [0, 0.05) is 12.1 Å². The zero-order chi connectivity index (χ0) is 19.8. The summed E-state index contributed by atoms with van der Waals surface area (Å²) in [6.45, 7) is -0.109. The van der Waals surface area contributed by atoms with Crippen LogP contribution in [0.1, 0.15) is 21.9 Å². The van der Waals surface area contributed by atoms with Crippen LogP contribution in [-0.2, 0) is 19.8 Å². The van der Waals surface area contributed by atoms with Gasteiger partial charge in [-0.3, -0.25) is 9.89 Å². The van der Waals surface area contributed by atoms with Crippen molar-refractivity contribution in [3.63, 3.8) is 0 Å². The van der Waals surface area contributed by atoms with Gasteiger partial charge in [-0.15, -0.1) is 0 Å². The number of H-pyrrole nitrogens is 1. The maximum atomic E-state index is 13.6. The van der Waals surface area contributed by atoms with Crippen LogP contribution in [0.5, 0.6) is 0 Å². The largest absolute Gasteiger partial charge is 0.434 e. The summed E-state index contributed by atoms with van der Waals surface area (Å²) in [5.74, 6) is -0.575. The first-order chi connectivity index (χ1) is 12.7. The Bertz CT molecular complexity index is 1050. The van der Waals surface area contributed by atoms with Gasteiger partial charge in [0.15, 0.2) is 16.3 Å². The summed E-state index contributed by atoms with van der Waals surface area (Å²) in [4.78, 5) is 12.4. The third-order valence-corrected chi connectivity index (χ3v) is 4.31. The first-order valence-corrected chi connectivity index (χ1v) is 8.26. The summed E-state index contributed by atoms with van der Waals surface area (Å²) in [7, 11) is 1.62. The van der Waals surface area contributed by atoms with Gasteiger partial charge < -0.3 is 9.88 Å². The lowest BCUT2D eigenvalue weighted by atomic mass is 10.2. The van der Waals surface area contributed by atoms with Gasteiger partial charge in [0.25, 0.3) is 5.91 Å². The molecule has 2 heterocycles. The van der Waals surface area contributed by atoms with Crippen molar-refractivity contribution in [2.75, 3.05) is 0 Å². The molecule has 3 rings (SSSR count). The second-order valence-electron chi connectivity index (χ2n) is 5.48. The molecule has 2 N–H and O–H groups in total. The van der Waals surface area contributed by atoms with E-state index in [2.05, 4.69) is 20.6 Å². The van der Waals surface area contributed by atoms with Crippen LogP contribution in [-0.4, -0.2) is 30.5 Å². The monoisotopic (exact) mass is 416 g/mol. The summed E-state index contributed by atoms with van der Waals surface area (Å²) in [5.41, 5.74) is -1.72. The van der Waals surface area contributed by atoms with Crippen molar-refractivity contribution in [2.45, 2.75) is 12.7 Å². The molecule has 0 spiro atoms. The summed E-state index contributed by atoms with van der Waals surface area (Å²) in [5, 5.41) is 12.8. The number of benzene rings is 1. The SMILES string of the molecule is Cn1c(CNC(=O)c2cnn(-c3cccc(Cl)c3)c2C(F)(F)F)n[nH]c1=S. The van der Waals surface area contributed by atoms with Crippen LogP contribution in [0.3, 0.4) is 0 Å². The van der Waals surface area contributed by atoms with E-state index in [9.17, 15) is 18.0 Å². The molecule has 0 bridgehead atoms. The minimum Gasteiger partial charge on any atom is -0.345 e. The standard InChI is InChI=1S/C15H12ClF3N6OS/c1-24-11(22-23-14(24)27)7-20-13(26)10-6-21-25(12(10)15(17,18)19)9-4-2-3-8(16)5-9/h2-6H,7H2,1H3,(H,20,26)(H,23,27). The first kappa shape index (κ1) is 19.1. The Kier molecular flexibility index (Phi) is 5.07. The van der Waals surface area contributed by atoms with E-state index in [4.69, 9.17) is 23.8 Å². The van der Waals surface area contributed by atoms with Gasteiger partial charge in [-0.1, -0.05) is 17.7 Å². The molecule has 1 amide bonds. The fourth-order valence-electron chi connectivity index (χ4n) is 2.38. The maximum absolute atomic E-state index is 13.6. The Hall–Kier alpha value is -2.66. The number of alkyl halides is 3. The molecule has 0 aliphatic carbocycles. The lowest BCUT2D eigenvalue weighted by Gasteiger charge is -2.13. The normalized spacial score (nSPS) is 11.6. The van der Waals surface area contributed by atoms with Gasteiger partial charge in [0.1, 0.15) is 0 Å². The number of halogens is 4. The second-order valence-corrected chi connectivity index (χ2v) is 6.31. The molecule has 0 atom stereocenters. The molecule has 27 heavy (non-hydrogen) atoms. The van der Waals surface area contributed by atoms with Gasteiger partial charge in [-0.2, -0.15) is 23.4 Å². The zero-order valence-corrected chi connectivity index (χ0v) is 15.3. The van der Waals surface area contributed by atoms with Gasteiger partial charge in [0.2, 0.25) is 0 Å². The number of nitrogens with zero attached hydrogens (tertiary/aromatic N) is 4. The molecular weight excluding hydrogens is 405 g/mol. The predicted octanol–water partition coefficient (Wildman–Crippen LogP) is 3.27. The third kappa shape index (κ3) is 3.88. The smallest absolute Gasteiger partial charge is 0.345 e. The highest BCUT2D eigenvalue weighted by Crippen LogP contribution is 2.34. The van der Waals surface area contributed by atoms with E-state index in [0.29, 0.717) is 15.3 Å². The van der Waals surface area contributed by atoms with E-state index < -0.39 is 23.3 Å². The summed E-state index contributed by atoms with van der Waals surface area (Å²) in [6.07, 6.45) is -3.95. The number of aromatic nitrogens is 5. The maximum Gasteiger partial charge on any atom is 0.434 e. The molecule has 0 aliphatic rings. The summed E-state index contributed by atoms with van der Waals surface area (Å²) in [6, 6.07) is 5.74. The van der Waals surface area contributed by atoms with Crippen LogP contribution in [0, 0.1) is 4.77 Å². The summed E-state index contributed by atoms with van der Waals surface area (Å²) >= 11 is 10.8. The number of aromatic amines is 1. The highest BCUT2D eigenvalue weighted by molar-refractivity contribution is 7.71. The Morgan fingerprint density at radius 1 is 1.41 bits per heavy atom. The Labute approximate surface area is 160 Å². The molecular formula is C15H12ClF3N6OS. The molecule has 0 unspecified atom stereocenters. The number of hydrogen-bond acceptors (Lipinski definition) is 4. The lowest BCUT2D eigenvalue weighted by molar-refractivity contribution is -0.143. The molecule has 0 fully saturated rings. The topological polar surface area (TPSA) is 80.5 Å². The number of amides is 1. The molecule has 7 nitrogen and oxygen atoms in total. The number of hydrogen-bond donors (Lipinski definition) is 2.